The molecule has 1 aromatic rings. The van der Waals surface area contributed by atoms with Gasteiger partial charge in [-0.2, -0.15) is 0 Å². The number of ketones is 1. The minimum Gasteiger partial charge on any atom is -0.395 e. The summed E-state index contributed by atoms with van der Waals surface area (Å²) < 4.78 is 0. The van der Waals surface area contributed by atoms with Crippen LogP contribution in [0.3, 0.4) is 0 Å². The molecular weight excluding hydrogens is 238 g/mol. The minimum absolute atomic E-state index is 0.0507. The van der Waals surface area contributed by atoms with E-state index in [2.05, 4.69) is 11.1 Å². The summed E-state index contributed by atoms with van der Waals surface area (Å²) >= 11 is 0. The van der Waals surface area contributed by atoms with E-state index in [1.165, 1.54) is 5.56 Å². The van der Waals surface area contributed by atoms with Crippen LogP contribution in [0.2, 0.25) is 0 Å². The Labute approximate surface area is 113 Å². The van der Waals surface area contributed by atoms with Crippen molar-refractivity contribution >= 4 is 5.78 Å². The minimum atomic E-state index is -0.394. The van der Waals surface area contributed by atoms with Crippen molar-refractivity contribution < 1.29 is 9.90 Å². The van der Waals surface area contributed by atoms with Crippen LogP contribution in [0.5, 0.6) is 0 Å². The van der Waals surface area contributed by atoms with Gasteiger partial charge < -0.3 is 5.11 Å². The molecule has 0 aliphatic heterocycles. The lowest BCUT2D eigenvalue weighted by Crippen LogP contribution is -2.57. The van der Waals surface area contributed by atoms with Crippen LogP contribution in [0, 0.1) is 23.2 Å². The molecule has 19 heavy (non-hydrogen) atoms. The molecule has 0 spiro atoms. The number of aliphatic hydroxyl groups is 1. The van der Waals surface area contributed by atoms with Crippen molar-refractivity contribution in [1.82, 2.24) is 4.98 Å². The molecule has 4 aliphatic carbocycles. The van der Waals surface area contributed by atoms with E-state index in [0.29, 0.717) is 23.5 Å². The molecule has 2 atom stereocenters. The van der Waals surface area contributed by atoms with Gasteiger partial charge in [-0.3, -0.25) is 9.78 Å². The number of aliphatic hydroxyl groups excluding tert-OH is 1. The van der Waals surface area contributed by atoms with Crippen molar-refractivity contribution in [3.63, 3.8) is 0 Å². The third-order valence-corrected chi connectivity index (χ3v) is 5.76. The van der Waals surface area contributed by atoms with Gasteiger partial charge in [-0.05, 0) is 55.1 Å². The summed E-state index contributed by atoms with van der Waals surface area (Å²) in [6, 6.07) is 4.18. The van der Waals surface area contributed by atoms with Crippen molar-refractivity contribution in [1.29, 1.82) is 0 Å². The van der Waals surface area contributed by atoms with E-state index < -0.39 is 5.41 Å². The van der Waals surface area contributed by atoms with Crippen LogP contribution in [0.1, 0.15) is 37.2 Å². The van der Waals surface area contributed by atoms with Gasteiger partial charge in [-0.25, -0.2) is 0 Å². The molecule has 3 nitrogen and oxygen atoms in total. The molecule has 0 saturated heterocycles. The molecule has 4 bridgehead atoms. The van der Waals surface area contributed by atoms with E-state index in [0.717, 1.165) is 25.7 Å². The van der Waals surface area contributed by atoms with Crippen molar-refractivity contribution in [3.8, 4) is 0 Å². The highest BCUT2D eigenvalue weighted by Crippen LogP contribution is 2.62. The van der Waals surface area contributed by atoms with Crippen LogP contribution in [-0.4, -0.2) is 22.5 Å². The molecule has 0 aromatic carbocycles. The van der Waals surface area contributed by atoms with Crippen LogP contribution in [0.25, 0.3) is 0 Å². The summed E-state index contributed by atoms with van der Waals surface area (Å²) in [5.74, 6) is 2.25. The van der Waals surface area contributed by atoms with Gasteiger partial charge in [0.25, 0.3) is 0 Å². The lowest BCUT2D eigenvalue weighted by Gasteiger charge is -2.58. The molecule has 1 N–H and O–H groups in total. The summed E-state index contributed by atoms with van der Waals surface area (Å²) in [6.45, 7) is 0.0507. The third-order valence-electron chi connectivity index (χ3n) is 5.76. The van der Waals surface area contributed by atoms with Crippen LogP contribution in [0.15, 0.2) is 24.5 Å². The number of rotatable bonds is 2. The van der Waals surface area contributed by atoms with E-state index >= 15 is 0 Å². The van der Waals surface area contributed by atoms with E-state index in [1.807, 2.05) is 18.5 Å². The zero-order valence-electron chi connectivity index (χ0n) is 11.0. The number of carbonyl (C=O) groups excluding carboxylic acids is 1. The predicted octanol–water partition coefficient (Wildman–Crippen LogP) is 2.16. The first-order valence-electron chi connectivity index (χ1n) is 7.28. The fourth-order valence-electron chi connectivity index (χ4n) is 5.19. The number of hydrogen-bond donors (Lipinski definition) is 1. The van der Waals surface area contributed by atoms with Gasteiger partial charge in [0.1, 0.15) is 5.78 Å². The smallest absolute Gasteiger partial charge is 0.144 e. The number of carbonyl (C=O) groups is 1. The molecule has 2 unspecified atom stereocenters. The second-order valence-corrected chi connectivity index (χ2v) is 6.71. The van der Waals surface area contributed by atoms with Crippen LogP contribution < -0.4 is 0 Å². The third kappa shape index (κ3) is 1.48. The van der Waals surface area contributed by atoms with Gasteiger partial charge in [0.15, 0.2) is 0 Å². The highest BCUT2D eigenvalue weighted by atomic mass is 16.3. The van der Waals surface area contributed by atoms with Gasteiger partial charge in [0.2, 0.25) is 0 Å². The van der Waals surface area contributed by atoms with Crippen molar-refractivity contribution in [2.75, 3.05) is 6.61 Å². The number of pyridine rings is 1. The first-order chi connectivity index (χ1) is 9.23. The zero-order chi connectivity index (χ0) is 13.0. The lowest BCUT2D eigenvalue weighted by atomic mass is 9.45. The van der Waals surface area contributed by atoms with Crippen molar-refractivity contribution in [2.45, 2.75) is 31.6 Å². The Hall–Kier alpha value is -1.22. The Morgan fingerprint density at radius 1 is 1.32 bits per heavy atom. The first kappa shape index (κ1) is 11.6. The van der Waals surface area contributed by atoms with Crippen LogP contribution in [-0.2, 0) is 4.79 Å². The van der Waals surface area contributed by atoms with E-state index in [-0.39, 0.29) is 12.5 Å². The van der Waals surface area contributed by atoms with Gasteiger partial charge in [0, 0.05) is 18.3 Å². The van der Waals surface area contributed by atoms with Gasteiger partial charge in [-0.15, -0.1) is 0 Å². The number of nitrogens with zero attached hydrogens (tertiary/aromatic N) is 1. The summed E-state index contributed by atoms with van der Waals surface area (Å²) in [6.07, 6.45) is 7.62. The number of aromatic nitrogens is 1. The Balaban J connectivity index is 1.72. The Bertz CT molecular complexity index is 497. The van der Waals surface area contributed by atoms with Crippen LogP contribution in [0.4, 0.5) is 0 Å². The fourth-order valence-corrected chi connectivity index (χ4v) is 5.19. The maximum atomic E-state index is 12.4. The summed E-state index contributed by atoms with van der Waals surface area (Å²) in [5.41, 5.74) is 0.937. The van der Waals surface area contributed by atoms with Gasteiger partial charge >= 0.3 is 0 Å². The number of Topliss-reactive ketones (excluding diaryl/α,β-unsaturated/α-hetero) is 1. The quantitative estimate of drug-likeness (QED) is 0.883. The van der Waals surface area contributed by atoms with Gasteiger partial charge in [-0.1, -0.05) is 6.07 Å². The second kappa shape index (κ2) is 3.89. The molecule has 5 rings (SSSR count). The summed E-state index contributed by atoms with van der Waals surface area (Å²) in [5, 5.41) is 9.73. The summed E-state index contributed by atoms with van der Waals surface area (Å²) in [4.78, 5) is 16.7. The standard InChI is InChI=1S/C16H19NO2/c18-9-16-6-12-4-11(15(16)19)5-13(7-16)14(12)10-2-1-3-17-8-10/h1-3,8,11-14,18H,4-7,9H2. The van der Waals surface area contributed by atoms with Crippen molar-refractivity contribution in [3.05, 3.63) is 30.1 Å². The Kier molecular flexibility index (Phi) is 2.37. The second-order valence-electron chi connectivity index (χ2n) is 6.71. The molecule has 3 heteroatoms. The van der Waals surface area contributed by atoms with E-state index in [4.69, 9.17) is 0 Å². The first-order valence-corrected chi connectivity index (χ1v) is 7.28. The molecule has 4 saturated carbocycles. The van der Waals surface area contributed by atoms with Gasteiger partial charge in [0.05, 0.1) is 12.0 Å². The predicted molar refractivity (Wildman–Crippen MR) is 70.4 cm³/mol. The molecule has 4 fully saturated rings. The highest BCUT2D eigenvalue weighted by Gasteiger charge is 2.60. The van der Waals surface area contributed by atoms with E-state index in [9.17, 15) is 9.90 Å². The lowest BCUT2D eigenvalue weighted by molar-refractivity contribution is -0.159. The highest BCUT2D eigenvalue weighted by molar-refractivity contribution is 5.89. The van der Waals surface area contributed by atoms with Crippen molar-refractivity contribution in [2.24, 2.45) is 23.2 Å². The maximum absolute atomic E-state index is 12.4. The SMILES string of the molecule is O=C1C2CC3CC1(CO)CC(C2)C3c1cccnc1. The molecule has 0 radical (unpaired) electrons. The molecule has 0 amide bonds. The van der Waals surface area contributed by atoms with E-state index in [1.54, 1.807) is 0 Å². The molecule has 1 heterocycles. The summed E-state index contributed by atoms with van der Waals surface area (Å²) in [7, 11) is 0. The average Bonchev–Trinajstić information content (AvgIpc) is 2.44. The molecule has 100 valence electrons. The average molecular weight is 257 g/mol. The zero-order valence-corrected chi connectivity index (χ0v) is 11.0. The maximum Gasteiger partial charge on any atom is 0.144 e. The Morgan fingerprint density at radius 2 is 2.05 bits per heavy atom. The molecule has 4 aliphatic rings. The molecular formula is C16H19NO2. The monoisotopic (exact) mass is 257 g/mol. The normalized spacial score (nSPS) is 43.7. The molecule has 1 aromatic heterocycles. The topological polar surface area (TPSA) is 50.2 Å². The fraction of sp³-hybridized carbons (Fsp3) is 0.625. The number of hydrogen-bond acceptors (Lipinski definition) is 3. The Morgan fingerprint density at radius 3 is 2.63 bits per heavy atom. The van der Waals surface area contributed by atoms with Crippen LogP contribution >= 0.6 is 0 Å². The largest absolute Gasteiger partial charge is 0.395 e.